The van der Waals surface area contributed by atoms with Crippen molar-refractivity contribution in [3.63, 3.8) is 0 Å². The highest BCUT2D eigenvalue weighted by Gasteiger charge is 2.11. The number of rotatable bonds is 8. The van der Waals surface area contributed by atoms with E-state index in [4.69, 9.17) is 9.72 Å². The first kappa shape index (κ1) is 18.0. The van der Waals surface area contributed by atoms with Gasteiger partial charge in [-0.3, -0.25) is 0 Å². The maximum absolute atomic E-state index is 5.44. The van der Waals surface area contributed by atoms with Crippen LogP contribution >= 0.6 is 0 Å². The van der Waals surface area contributed by atoms with Gasteiger partial charge in [0.05, 0.1) is 12.8 Å². The van der Waals surface area contributed by atoms with E-state index in [1.165, 1.54) is 5.56 Å². The summed E-state index contributed by atoms with van der Waals surface area (Å²) in [6.07, 6.45) is 2.15. The van der Waals surface area contributed by atoms with E-state index in [9.17, 15) is 0 Å². The molecule has 0 radical (unpaired) electrons. The van der Waals surface area contributed by atoms with Crippen LogP contribution in [-0.4, -0.2) is 30.2 Å². The molecule has 1 N–H and O–H groups in total. The van der Waals surface area contributed by atoms with Gasteiger partial charge in [0, 0.05) is 24.8 Å². The largest absolute Gasteiger partial charge is 0.495 e. The predicted octanol–water partition coefficient (Wildman–Crippen LogP) is 4.47. The molecule has 130 valence electrons. The molecule has 0 unspecified atom stereocenters. The van der Waals surface area contributed by atoms with Crippen molar-refractivity contribution in [2.75, 3.05) is 30.4 Å². The van der Waals surface area contributed by atoms with Crippen molar-refractivity contribution in [3.8, 4) is 5.75 Å². The molecule has 1 aromatic carbocycles. The summed E-state index contributed by atoms with van der Waals surface area (Å²) in [4.78, 5) is 11.6. The fraction of sp³-hybridized carbons (Fsp3) is 0.474. The Labute approximate surface area is 145 Å². The molecular formula is C19H28N4O. The van der Waals surface area contributed by atoms with E-state index >= 15 is 0 Å². The van der Waals surface area contributed by atoms with Gasteiger partial charge >= 0.3 is 0 Å². The highest BCUT2D eigenvalue weighted by molar-refractivity contribution is 5.65. The topological polar surface area (TPSA) is 50.3 Å². The smallest absolute Gasteiger partial charge is 0.227 e. The zero-order valence-corrected chi connectivity index (χ0v) is 15.4. The van der Waals surface area contributed by atoms with Crippen LogP contribution in [-0.2, 0) is 0 Å². The molecular weight excluding hydrogens is 300 g/mol. The fourth-order valence-electron chi connectivity index (χ4n) is 2.67. The Balaban J connectivity index is 2.33. The van der Waals surface area contributed by atoms with Gasteiger partial charge < -0.3 is 15.0 Å². The Morgan fingerprint density at radius 2 is 1.75 bits per heavy atom. The summed E-state index contributed by atoms with van der Waals surface area (Å²) >= 11 is 0. The number of methoxy groups -OCH3 is 1. The van der Waals surface area contributed by atoms with E-state index in [0.717, 1.165) is 54.8 Å². The molecule has 0 amide bonds. The lowest BCUT2D eigenvalue weighted by Crippen LogP contribution is -2.27. The Morgan fingerprint density at radius 1 is 1.04 bits per heavy atom. The van der Waals surface area contributed by atoms with Crippen LogP contribution in [0, 0.1) is 13.8 Å². The number of hydrogen-bond donors (Lipinski definition) is 1. The number of anilines is 3. The van der Waals surface area contributed by atoms with E-state index in [1.807, 2.05) is 25.1 Å². The summed E-state index contributed by atoms with van der Waals surface area (Å²) in [6, 6.07) is 8.02. The Kier molecular flexibility index (Phi) is 6.41. The van der Waals surface area contributed by atoms with Gasteiger partial charge in [0.15, 0.2) is 0 Å². The lowest BCUT2D eigenvalue weighted by Gasteiger charge is -2.22. The van der Waals surface area contributed by atoms with Crippen LogP contribution in [0.5, 0.6) is 5.75 Å². The molecule has 0 saturated heterocycles. The minimum atomic E-state index is 0.785. The molecule has 2 rings (SSSR count). The SMILES string of the molecule is CCCN(CCC)c1nc(C)cc(Nc2cc(C)ccc2OC)n1. The van der Waals surface area contributed by atoms with Crippen LogP contribution in [0.3, 0.4) is 0 Å². The fourth-order valence-corrected chi connectivity index (χ4v) is 2.67. The third kappa shape index (κ3) is 4.60. The molecule has 0 saturated carbocycles. The van der Waals surface area contributed by atoms with Crippen molar-refractivity contribution in [1.29, 1.82) is 0 Å². The van der Waals surface area contributed by atoms with Crippen molar-refractivity contribution in [1.82, 2.24) is 9.97 Å². The quantitative estimate of drug-likeness (QED) is 0.774. The maximum Gasteiger partial charge on any atom is 0.227 e. The zero-order chi connectivity index (χ0) is 17.5. The molecule has 0 fully saturated rings. The second-order valence-electron chi connectivity index (χ2n) is 6.01. The van der Waals surface area contributed by atoms with Crippen LogP contribution in [0.4, 0.5) is 17.5 Å². The second kappa shape index (κ2) is 8.52. The van der Waals surface area contributed by atoms with Gasteiger partial charge in [0.25, 0.3) is 0 Å². The average Bonchev–Trinajstić information content (AvgIpc) is 2.54. The maximum atomic E-state index is 5.44. The Hall–Kier alpha value is -2.30. The molecule has 1 heterocycles. The summed E-state index contributed by atoms with van der Waals surface area (Å²) in [6.45, 7) is 10.3. The number of hydrogen-bond acceptors (Lipinski definition) is 5. The zero-order valence-electron chi connectivity index (χ0n) is 15.4. The van der Waals surface area contributed by atoms with E-state index in [-0.39, 0.29) is 0 Å². The van der Waals surface area contributed by atoms with Gasteiger partial charge in [-0.05, 0) is 44.4 Å². The standard InChI is InChI=1S/C19H28N4O/c1-6-10-23(11-7-2)19-20-15(4)13-18(22-19)21-16-12-14(3)8-9-17(16)24-5/h8-9,12-13H,6-7,10-11H2,1-5H3,(H,20,21,22). The Bertz CT molecular complexity index is 666. The van der Waals surface area contributed by atoms with E-state index in [0.29, 0.717) is 0 Å². The first-order chi connectivity index (χ1) is 11.6. The minimum absolute atomic E-state index is 0.785. The average molecular weight is 328 g/mol. The number of aromatic nitrogens is 2. The normalized spacial score (nSPS) is 10.5. The lowest BCUT2D eigenvalue weighted by molar-refractivity contribution is 0.416. The third-order valence-electron chi connectivity index (χ3n) is 3.73. The number of benzene rings is 1. The molecule has 1 aromatic heterocycles. The molecule has 0 bridgehead atoms. The summed E-state index contributed by atoms with van der Waals surface area (Å²) in [5.74, 6) is 2.38. The van der Waals surface area contributed by atoms with Crippen LogP contribution in [0.25, 0.3) is 0 Å². The first-order valence-electron chi connectivity index (χ1n) is 8.59. The lowest BCUT2D eigenvalue weighted by atomic mass is 10.2. The van der Waals surface area contributed by atoms with Gasteiger partial charge in [-0.1, -0.05) is 19.9 Å². The van der Waals surface area contributed by atoms with E-state index in [1.54, 1.807) is 7.11 Å². The van der Waals surface area contributed by atoms with Crippen molar-refractivity contribution < 1.29 is 4.74 Å². The Morgan fingerprint density at radius 3 is 2.38 bits per heavy atom. The summed E-state index contributed by atoms with van der Waals surface area (Å²) in [5, 5.41) is 3.38. The van der Waals surface area contributed by atoms with Gasteiger partial charge in [-0.15, -0.1) is 0 Å². The van der Waals surface area contributed by atoms with E-state index in [2.05, 4.69) is 42.0 Å². The summed E-state index contributed by atoms with van der Waals surface area (Å²) < 4.78 is 5.44. The van der Waals surface area contributed by atoms with Gasteiger partial charge in [0.2, 0.25) is 5.95 Å². The molecule has 0 spiro atoms. The van der Waals surface area contributed by atoms with Crippen LogP contribution in [0.1, 0.15) is 37.9 Å². The monoisotopic (exact) mass is 328 g/mol. The highest BCUT2D eigenvalue weighted by atomic mass is 16.5. The van der Waals surface area contributed by atoms with Crippen LogP contribution in [0.15, 0.2) is 24.3 Å². The molecule has 0 aliphatic heterocycles. The van der Waals surface area contributed by atoms with Crippen LogP contribution < -0.4 is 15.0 Å². The molecule has 5 heteroatoms. The third-order valence-corrected chi connectivity index (χ3v) is 3.73. The molecule has 0 aliphatic carbocycles. The number of aryl methyl sites for hydroxylation is 2. The second-order valence-corrected chi connectivity index (χ2v) is 6.01. The first-order valence-corrected chi connectivity index (χ1v) is 8.59. The predicted molar refractivity (Wildman–Crippen MR) is 101 cm³/mol. The van der Waals surface area contributed by atoms with Crippen molar-refractivity contribution in [2.45, 2.75) is 40.5 Å². The summed E-state index contributed by atoms with van der Waals surface area (Å²) in [5.41, 5.74) is 3.04. The highest BCUT2D eigenvalue weighted by Crippen LogP contribution is 2.28. The molecule has 5 nitrogen and oxygen atoms in total. The van der Waals surface area contributed by atoms with Gasteiger partial charge in [-0.25, -0.2) is 4.98 Å². The summed E-state index contributed by atoms with van der Waals surface area (Å²) in [7, 11) is 1.68. The molecule has 2 aromatic rings. The van der Waals surface area contributed by atoms with Crippen LogP contribution in [0.2, 0.25) is 0 Å². The van der Waals surface area contributed by atoms with Gasteiger partial charge in [0.1, 0.15) is 11.6 Å². The molecule has 24 heavy (non-hydrogen) atoms. The number of nitrogens with one attached hydrogen (secondary N) is 1. The van der Waals surface area contributed by atoms with Crippen molar-refractivity contribution in [3.05, 3.63) is 35.5 Å². The minimum Gasteiger partial charge on any atom is -0.495 e. The number of ether oxygens (including phenoxy) is 1. The van der Waals surface area contributed by atoms with Crippen molar-refractivity contribution in [2.24, 2.45) is 0 Å². The van der Waals surface area contributed by atoms with Crippen molar-refractivity contribution >= 4 is 17.5 Å². The van der Waals surface area contributed by atoms with E-state index < -0.39 is 0 Å². The molecule has 0 atom stereocenters. The van der Waals surface area contributed by atoms with Gasteiger partial charge in [-0.2, -0.15) is 4.98 Å². The number of nitrogens with zero attached hydrogens (tertiary/aromatic N) is 3. The molecule has 0 aliphatic rings.